The number of thiol groups is 1. The maximum Gasteiger partial charge on any atom is 0.293 e. The van der Waals surface area contributed by atoms with Crippen LogP contribution in [0.5, 0.6) is 0 Å². The average molecular weight is 240 g/mol. The molecule has 4 nitrogen and oxygen atoms in total. The zero-order valence-corrected chi connectivity index (χ0v) is 10.3. The van der Waals surface area contributed by atoms with Gasteiger partial charge in [-0.3, -0.25) is 9.78 Å². The maximum atomic E-state index is 10.1. The Balaban J connectivity index is 2.80. The molecule has 0 bridgehead atoms. The lowest BCUT2D eigenvalue weighted by atomic mass is 10.1. The Hall–Kier alpha value is -1.23. The number of ether oxygens (including phenoxy) is 1. The van der Waals surface area contributed by atoms with E-state index in [1.807, 2.05) is 6.07 Å². The molecule has 0 aliphatic heterocycles. The van der Waals surface area contributed by atoms with E-state index in [0.717, 1.165) is 11.3 Å². The molecular weight excluding hydrogens is 224 g/mol. The minimum Gasteiger partial charge on any atom is -0.466 e. The van der Waals surface area contributed by atoms with Crippen LogP contribution >= 0.6 is 12.6 Å². The highest BCUT2D eigenvalue weighted by Crippen LogP contribution is 2.27. The largest absolute Gasteiger partial charge is 0.466 e. The van der Waals surface area contributed by atoms with Crippen molar-refractivity contribution in [2.75, 3.05) is 11.9 Å². The van der Waals surface area contributed by atoms with Crippen LogP contribution in [0.3, 0.4) is 0 Å². The molecule has 1 atom stereocenters. The minimum absolute atomic E-state index is 0.167. The first-order chi connectivity index (χ1) is 7.65. The molecule has 0 spiro atoms. The molecule has 1 aromatic rings. The van der Waals surface area contributed by atoms with Crippen LogP contribution in [0.25, 0.3) is 0 Å². The average Bonchev–Trinajstić information content (AvgIpc) is 2.26. The zero-order chi connectivity index (χ0) is 12.0. The summed E-state index contributed by atoms with van der Waals surface area (Å²) in [7, 11) is 0. The van der Waals surface area contributed by atoms with E-state index in [9.17, 15) is 4.79 Å². The van der Waals surface area contributed by atoms with E-state index >= 15 is 0 Å². The van der Waals surface area contributed by atoms with E-state index < -0.39 is 0 Å². The summed E-state index contributed by atoms with van der Waals surface area (Å²) in [5.74, 6) is 0. The summed E-state index contributed by atoms with van der Waals surface area (Å²) in [4.78, 5) is 14.2. The van der Waals surface area contributed by atoms with E-state index in [2.05, 4.69) is 36.8 Å². The van der Waals surface area contributed by atoms with Crippen molar-refractivity contribution in [3.05, 3.63) is 24.0 Å². The van der Waals surface area contributed by atoms with Crippen molar-refractivity contribution in [1.82, 2.24) is 4.98 Å². The number of aromatic nitrogens is 1. The fraction of sp³-hybridized carbons (Fsp3) is 0.455. The van der Waals surface area contributed by atoms with Crippen molar-refractivity contribution in [2.45, 2.75) is 25.1 Å². The summed E-state index contributed by atoms with van der Waals surface area (Å²) in [5.41, 5.74) is 1.90. The van der Waals surface area contributed by atoms with Gasteiger partial charge in [-0.2, -0.15) is 12.6 Å². The molecule has 0 fully saturated rings. The standard InChI is InChI=1S/C11H16N2O2S/c1-8(2)13-10-3-4-12-5-9(10)11(16)6-15-7-14/h3-5,7-8,11,16H,6H2,1-2H3,(H,12,13). The fourth-order valence-corrected chi connectivity index (χ4v) is 1.63. The first-order valence-corrected chi connectivity index (χ1v) is 5.60. The Labute approximate surface area is 101 Å². The summed E-state index contributed by atoms with van der Waals surface area (Å²) in [5, 5.41) is 3.13. The van der Waals surface area contributed by atoms with E-state index in [1.54, 1.807) is 12.4 Å². The van der Waals surface area contributed by atoms with Gasteiger partial charge in [-0.15, -0.1) is 0 Å². The minimum atomic E-state index is -0.167. The van der Waals surface area contributed by atoms with Crippen LogP contribution < -0.4 is 5.32 Å². The van der Waals surface area contributed by atoms with Gasteiger partial charge in [-0.1, -0.05) is 0 Å². The normalized spacial score (nSPS) is 12.2. The molecule has 0 aromatic carbocycles. The second kappa shape index (κ2) is 6.37. The predicted octanol–water partition coefficient (Wildman–Crippen LogP) is 2.05. The highest BCUT2D eigenvalue weighted by atomic mass is 32.1. The second-order valence-corrected chi connectivity index (χ2v) is 4.33. The van der Waals surface area contributed by atoms with Crippen molar-refractivity contribution < 1.29 is 9.53 Å². The quantitative estimate of drug-likeness (QED) is 0.590. The van der Waals surface area contributed by atoms with Crippen LogP contribution in [0.15, 0.2) is 18.5 Å². The Kier molecular flexibility index (Phi) is 5.11. The number of nitrogens with zero attached hydrogens (tertiary/aromatic N) is 1. The van der Waals surface area contributed by atoms with Gasteiger partial charge < -0.3 is 10.1 Å². The number of carbonyl (C=O) groups is 1. The third kappa shape index (κ3) is 3.73. The smallest absolute Gasteiger partial charge is 0.293 e. The Bertz CT molecular complexity index is 345. The molecule has 1 rings (SSSR count). The SMILES string of the molecule is CC(C)Nc1ccncc1C(S)COC=O. The summed E-state index contributed by atoms with van der Waals surface area (Å²) in [6.07, 6.45) is 3.45. The number of pyridine rings is 1. The van der Waals surface area contributed by atoms with Gasteiger partial charge in [0, 0.05) is 29.7 Å². The second-order valence-electron chi connectivity index (χ2n) is 3.71. The van der Waals surface area contributed by atoms with Crippen LogP contribution in [-0.4, -0.2) is 24.1 Å². The van der Waals surface area contributed by atoms with E-state index in [-0.39, 0.29) is 11.9 Å². The highest BCUT2D eigenvalue weighted by molar-refractivity contribution is 7.80. The molecular formula is C11H16N2O2S. The van der Waals surface area contributed by atoms with Gasteiger partial charge in [0.15, 0.2) is 0 Å². The Morgan fingerprint density at radius 2 is 2.38 bits per heavy atom. The third-order valence-electron chi connectivity index (χ3n) is 1.98. The molecule has 0 aliphatic carbocycles. The number of anilines is 1. The van der Waals surface area contributed by atoms with Gasteiger partial charge in [0.25, 0.3) is 6.47 Å². The zero-order valence-electron chi connectivity index (χ0n) is 9.38. The molecule has 0 amide bonds. The number of hydrogen-bond acceptors (Lipinski definition) is 5. The van der Waals surface area contributed by atoms with Crippen LogP contribution in [-0.2, 0) is 9.53 Å². The molecule has 16 heavy (non-hydrogen) atoms. The summed E-state index contributed by atoms with van der Waals surface area (Å²) in [6, 6.07) is 2.22. The Morgan fingerprint density at radius 3 is 3.00 bits per heavy atom. The predicted molar refractivity (Wildman–Crippen MR) is 66.7 cm³/mol. The fourth-order valence-electron chi connectivity index (χ4n) is 1.33. The van der Waals surface area contributed by atoms with Gasteiger partial charge in [0.2, 0.25) is 0 Å². The van der Waals surface area contributed by atoms with Crippen LogP contribution in [0.1, 0.15) is 24.7 Å². The van der Waals surface area contributed by atoms with Gasteiger partial charge in [0.05, 0.1) is 5.25 Å². The molecule has 1 unspecified atom stereocenters. The molecule has 1 heterocycles. The van der Waals surface area contributed by atoms with Crippen molar-refractivity contribution in [3.8, 4) is 0 Å². The van der Waals surface area contributed by atoms with Crippen molar-refractivity contribution in [3.63, 3.8) is 0 Å². The number of hydrogen-bond donors (Lipinski definition) is 2. The Morgan fingerprint density at radius 1 is 1.62 bits per heavy atom. The first-order valence-electron chi connectivity index (χ1n) is 5.09. The lowest BCUT2D eigenvalue weighted by Gasteiger charge is -2.17. The van der Waals surface area contributed by atoms with Gasteiger partial charge in [-0.05, 0) is 19.9 Å². The maximum absolute atomic E-state index is 10.1. The molecule has 0 saturated heterocycles. The lowest BCUT2D eigenvalue weighted by Crippen LogP contribution is -2.13. The van der Waals surface area contributed by atoms with Gasteiger partial charge >= 0.3 is 0 Å². The van der Waals surface area contributed by atoms with E-state index in [4.69, 9.17) is 4.74 Å². The van der Waals surface area contributed by atoms with Crippen molar-refractivity contribution in [2.24, 2.45) is 0 Å². The number of nitrogens with one attached hydrogen (secondary N) is 1. The molecule has 0 radical (unpaired) electrons. The van der Waals surface area contributed by atoms with Crippen LogP contribution in [0, 0.1) is 0 Å². The molecule has 0 aliphatic rings. The highest BCUT2D eigenvalue weighted by Gasteiger charge is 2.12. The third-order valence-corrected chi connectivity index (χ3v) is 2.40. The van der Waals surface area contributed by atoms with Crippen LogP contribution in [0.2, 0.25) is 0 Å². The molecule has 0 saturated carbocycles. The summed E-state index contributed by atoms with van der Waals surface area (Å²) < 4.78 is 4.70. The number of carbonyl (C=O) groups excluding carboxylic acids is 1. The molecule has 88 valence electrons. The van der Waals surface area contributed by atoms with E-state index in [1.165, 1.54) is 0 Å². The molecule has 1 aromatic heterocycles. The number of rotatable bonds is 6. The van der Waals surface area contributed by atoms with Crippen molar-refractivity contribution in [1.29, 1.82) is 0 Å². The van der Waals surface area contributed by atoms with Crippen molar-refractivity contribution >= 4 is 24.8 Å². The van der Waals surface area contributed by atoms with Crippen LogP contribution in [0.4, 0.5) is 5.69 Å². The first kappa shape index (κ1) is 12.8. The summed E-state index contributed by atoms with van der Waals surface area (Å²) in [6.45, 7) is 4.78. The van der Waals surface area contributed by atoms with E-state index in [0.29, 0.717) is 12.5 Å². The monoisotopic (exact) mass is 240 g/mol. The molecule has 1 N–H and O–H groups in total. The topological polar surface area (TPSA) is 51.2 Å². The van der Waals surface area contributed by atoms with Gasteiger partial charge in [-0.25, -0.2) is 0 Å². The summed E-state index contributed by atoms with van der Waals surface area (Å²) >= 11 is 4.38. The lowest BCUT2D eigenvalue weighted by molar-refractivity contribution is -0.128. The molecule has 5 heteroatoms. The van der Waals surface area contributed by atoms with Gasteiger partial charge in [0.1, 0.15) is 6.61 Å².